The number of nitrogens with one attached hydrogen (secondary N) is 1. The number of urea groups is 1. The number of esters is 1. The SMILES string of the molecule is COC(=O)C1=C(C)N(c2ccc(C(=O)O)cc2)C(=O)N[C@@H]1c1cccc(OC)c1OC. The number of hydrogen-bond donors (Lipinski definition) is 2. The Bertz CT molecular complexity index is 1060. The van der Waals surface area contributed by atoms with Gasteiger partial charge in [0.1, 0.15) is 0 Å². The van der Waals surface area contributed by atoms with Gasteiger partial charge in [-0.25, -0.2) is 14.4 Å². The fourth-order valence-electron chi connectivity index (χ4n) is 3.55. The Kier molecular flexibility index (Phi) is 6.15. The quantitative estimate of drug-likeness (QED) is 0.682. The summed E-state index contributed by atoms with van der Waals surface area (Å²) in [6.45, 7) is 1.62. The van der Waals surface area contributed by atoms with Gasteiger partial charge in [0.05, 0.1) is 44.2 Å². The van der Waals surface area contributed by atoms with Gasteiger partial charge in [0.2, 0.25) is 0 Å². The summed E-state index contributed by atoms with van der Waals surface area (Å²) in [7, 11) is 4.22. The molecule has 1 aliphatic rings. The van der Waals surface area contributed by atoms with Crippen molar-refractivity contribution in [1.82, 2.24) is 5.32 Å². The number of anilines is 1. The predicted molar refractivity (Wildman–Crippen MR) is 111 cm³/mol. The van der Waals surface area contributed by atoms with E-state index in [1.165, 1.54) is 50.5 Å². The molecule has 0 aliphatic carbocycles. The molecule has 162 valence electrons. The molecule has 1 aliphatic heterocycles. The Morgan fingerprint density at radius 2 is 1.71 bits per heavy atom. The topological polar surface area (TPSA) is 114 Å². The molecule has 0 spiro atoms. The minimum atomic E-state index is -1.08. The normalized spacial score (nSPS) is 15.9. The number of carbonyl (C=O) groups excluding carboxylic acids is 2. The standard InChI is InChI=1S/C22H22N2O7/c1-12-17(21(27)31-4)18(15-6-5-7-16(29-2)19(15)30-3)23-22(28)24(12)14-10-8-13(9-11-14)20(25)26/h5-11,18H,1-4H3,(H,23,28)(H,25,26)/t18-/m1/s1. The van der Waals surface area contributed by atoms with Gasteiger partial charge in [0.15, 0.2) is 11.5 Å². The number of nitrogens with zero attached hydrogens (tertiary/aromatic N) is 1. The van der Waals surface area contributed by atoms with Crippen LogP contribution in [0.4, 0.5) is 10.5 Å². The molecule has 0 aromatic heterocycles. The Hall–Kier alpha value is -4.01. The summed E-state index contributed by atoms with van der Waals surface area (Å²) in [5.41, 5.74) is 1.55. The van der Waals surface area contributed by atoms with Crippen molar-refractivity contribution in [2.45, 2.75) is 13.0 Å². The lowest BCUT2D eigenvalue weighted by Gasteiger charge is -2.35. The number of carbonyl (C=O) groups is 3. The maximum atomic E-state index is 13.1. The molecular formula is C22H22N2O7. The van der Waals surface area contributed by atoms with Crippen molar-refractivity contribution in [2.24, 2.45) is 0 Å². The molecule has 2 aromatic rings. The molecule has 0 bridgehead atoms. The second-order valence-corrected chi connectivity index (χ2v) is 6.64. The van der Waals surface area contributed by atoms with Gasteiger partial charge >= 0.3 is 18.0 Å². The highest BCUT2D eigenvalue weighted by molar-refractivity contribution is 6.03. The molecule has 1 heterocycles. The van der Waals surface area contributed by atoms with Crippen LogP contribution < -0.4 is 19.7 Å². The van der Waals surface area contributed by atoms with E-state index in [-0.39, 0.29) is 11.1 Å². The van der Waals surface area contributed by atoms with Crippen LogP contribution in [-0.2, 0) is 9.53 Å². The number of rotatable bonds is 6. The van der Waals surface area contributed by atoms with E-state index in [2.05, 4.69) is 5.32 Å². The third-order valence-corrected chi connectivity index (χ3v) is 5.01. The van der Waals surface area contributed by atoms with Gasteiger partial charge in [-0.2, -0.15) is 0 Å². The molecule has 0 fully saturated rings. The third-order valence-electron chi connectivity index (χ3n) is 5.01. The monoisotopic (exact) mass is 426 g/mol. The first kappa shape index (κ1) is 21.7. The van der Waals surface area contributed by atoms with Crippen LogP contribution in [0.2, 0.25) is 0 Å². The number of amides is 2. The summed E-state index contributed by atoms with van der Waals surface area (Å²) < 4.78 is 15.8. The van der Waals surface area contributed by atoms with Gasteiger partial charge in [0.25, 0.3) is 0 Å². The van der Waals surface area contributed by atoms with Crippen LogP contribution in [-0.4, -0.2) is 44.4 Å². The van der Waals surface area contributed by atoms with E-state index in [4.69, 9.17) is 19.3 Å². The molecular weight excluding hydrogens is 404 g/mol. The first-order valence-electron chi connectivity index (χ1n) is 9.28. The number of carboxylic acids is 1. The number of carboxylic acid groups (broad SMARTS) is 1. The Balaban J connectivity index is 2.16. The van der Waals surface area contributed by atoms with Crippen LogP contribution in [0.3, 0.4) is 0 Å². The van der Waals surface area contributed by atoms with Crippen molar-refractivity contribution in [1.29, 1.82) is 0 Å². The molecule has 1 atom stereocenters. The first-order chi connectivity index (χ1) is 14.8. The largest absolute Gasteiger partial charge is 0.493 e. The fourth-order valence-corrected chi connectivity index (χ4v) is 3.55. The summed E-state index contributed by atoms with van der Waals surface area (Å²) in [6, 6.07) is 9.56. The average Bonchev–Trinajstić information content (AvgIpc) is 2.77. The molecule has 2 N–H and O–H groups in total. The molecule has 0 saturated heterocycles. The van der Waals surface area contributed by atoms with E-state index in [9.17, 15) is 14.4 Å². The number of hydrogen-bond acceptors (Lipinski definition) is 6. The molecule has 3 rings (SSSR count). The molecule has 9 heteroatoms. The van der Waals surface area contributed by atoms with E-state index in [1.807, 2.05) is 0 Å². The summed E-state index contributed by atoms with van der Waals surface area (Å²) in [5, 5.41) is 11.9. The zero-order valence-corrected chi connectivity index (χ0v) is 17.5. The van der Waals surface area contributed by atoms with Crippen molar-refractivity contribution >= 4 is 23.7 Å². The van der Waals surface area contributed by atoms with Gasteiger partial charge in [0, 0.05) is 11.3 Å². The predicted octanol–water partition coefficient (Wildman–Crippen LogP) is 3.12. The van der Waals surface area contributed by atoms with Gasteiger partial charge < -0.3 is 24.6 Å². The third kappa shape index (κ3) is 3.89. The number of methoxy groups -OCH3 is 3. The summed E-state index contributed by atoms with van der Waals surface area (Å²) >= 11 is 0. The molecule has 9 nitrogen and oxygen atoms in total. The lowest BCUT2D eigenvalue weighted by molar-refractivity contribution is -0.136. The summed E-state index contributed by atoms with van der Waals surface area (Å²) in [4.78, 5) is 38.2. The first-order valence-corrected chi connectivity index (χ1v) is 9.28. The van der Waals surface area contributed by atoms with Crippen LogP contribution in [0.5, 0.6) is 11.5 Å². The highest BCUT2D eigenvalue weighted by Gasteiger charge is 2.38. The van der Waals surface area contributed by atoms with Crippen LogP contribution >= 0.6 is 0 Å². The highest BCUT2D eigenvalue weighted by atomic mass is 16.5. The molecule has 31 heavy (non-hydrogen) atoms. The van der Waals surface area contributed by atoms with Crippen molar-refractivity contribution in [2.75, 3.05) is 26.2 Å². The van der Waals surface area contributed by atoms with Crippen LogP contribution in [0, 0.1) is 0 Å². The minimum Gasteiger partial charge on any atom is -0.493 e. The van der Waals surface area contributed by atoms with Crippen molar-refractivity contribution in [3.05, 3.63) is 64.9 Å². The van der Waals surface area contributed by atoms with Gasteiger partial charge in [-0.3, -0.25) is 4.90 Å². The van der Waals surface area contributed by atoms with Gasteiger partial charge in [-0.15, -0.1) is 0 Å². The number of aromatic carboxylic acids is 1. The lowest BCUT2D eigenvalue weighted by atomic mass is 9.93. The second kappa shape index (κ2) is 8.78. The summed E-state index contributed by atoms with van der Waals surface area (Å²) in [5.74, 6) is -0.881. The maximum Gasteiger partial charge on any atom is 0.337 e. The van der Waals surface area contributed by atoms with Gasteiger partial charge in [-0.1, -0.05) is 12.1 Å². The number of ether oxygens (including phenoxy) is 3. The molecule has 2 aromatic carbocycles. The number of para-hydroxylation sites is 1. The van der Waals surface area contributed by atoms with Gasteiger partial charge in [-0.05, 0) is 37.3 Å². The Morgan fingerprint density at radius 3 is 2.26 bits per heavy atom. The zero-order valence-electron chi connectivity index (χ0n) is 17.5. The Morgan fingerprint density at radius 1 is 1.03 bits per heavy atom. The van der Waals surface area contributed by atoms with Crippen molar-refractivity contribution in [3.8, 4) is 11.5 Å². The number of benzene rings is 2. The fraction of sp³-hybridized carbons (Fsp3) is 0.227. The maximum absolute atomic E-state index is 13.1. The van der Waals surface area contributed by atoms with E-state index in [0.717, 1.165) is 0 Å². The van der Waals surface area contributed by atoms with E-state index in [0.29, 0.717) is 28.4 Å². The van der Waals surface area contributed by atoms with Crippen molar-refractivity contribution in [3.63, 3.8) is 0 Å². The lowest BCUT2D eigenvalue weighted by Crippen LogP contribution is -2.48. The summed E-state index contributed by atoms with van der Waals surface area (Å²) in [6.07, 6.45) is 0. The minimum absolute atomic E-state index is 0.0787. The zero-order chi connectivity index (χ0) is 22.7. The van der Waals surface area contributed by atoms with Crippen LogP contribution in [0.25, 0.3) is 0 Å². The van der Waals surface area contributed by atoms with Crippen LogP contribution in [0.15, 0.2) is 53.7 Å². The molecule has 0 unspecified atom stereocenters. The molecule has 0 radical (unpaired) electrons. The number of allylic oxidation sites excluding steroid dienone is 1. The smallest absolute Gasteiger partial charge is 0.337 e. The molecule has 2 amide bonds. The van der Waals surface area contributed by atoms with E-state index >= 15 is 0 Å². The van der Waals surface area contributed by atoms with Crippen LogP contribution in [0.1, 0.15) is 28.9 Å². The van der Waals surface area contributed by atoms with E-state index < -0.39 is 24.0 Å². The van der Waals surface area contributed by atoms with E-state index in [1.54, 1.807) is 25.1 Å². The van der Waals surface area contributed by atoms with Crippen molar-refractivity contribution < 1.29 is 33.7 Å². The molecule has 0 saturated carbocycles. The highest BCUT2D eigenvalue weighted by Crippen LogP contribution is 2.41. The average molecular weight is 426 g/mol. The second-order valence-electron chi connectivity index (χ2n) is 6.64. The Labute approximate surface area is 178 Å².